The van der Waals surface area contributed by atoms with Gasteiger partial charge in [-0.2, -0.15) is 4.31 Å². The second-order valence-corrected chi connectivity index (χ2v) is 7.02. The highest BCUT2D eigenvalue weighted by molar-refractivity contribution is 7.89. The summed E-state index contributed by atoms with van der Waals surface area (Å²) in [6.07, 6.45) is 5.67. The van der Waals surface area contributed by atoms with Crippen LogP contribution in [0.5, 0.6) is 0 Å². The predicted octanol–water partition coefficient (Wildman–Crippen LogP) is 1.74. The van der Waals surface area contributed by atoms with E-state index in [-0.39, 0.29) is 0 Å². The second kappa shape index (κ2) is 6.11. The maximum Gasteiger partial charge on any atom is 0.244 e. The van der Waals surface area contributed by atoms with Gasteiger partial charge in [-0.1, -0.05) is 13.0 Å². The molecule has 1 saturated carbocycles. The molecule has 1 aliphatic carbocycles. The first-order valence-electron chi connectivity index (χ1n) is 7.01. The van der Waals surface area contributed by atoms with E-state index in [9.17, 15) is 8.42 Å². The van der Waals surface area contributed by atoms with E-state index in [0.29, 0.717) is 30.6 Å². The number of hydrogen-bond acceptors (Lipinski definition) is 3. The molecule has 0 unspecified atom stereocenters. The average molecular weight is 297 g/mol. The number of nitrogens with zero attached hydrogens (tertiary/aromatic N) is 2. The van der Waals surface area contributed by atoms with Crippen LogP contribution >= 0.6 is 0 Å². The van der Waals surface area contributed by atoms with E-state index in [1.165, 1.54) is 4.31 Å². The van der Waals surface area contributed by atoms with E-state index in [2.05, 4.69) is 16.5 Å². The number of likely N-dealkylation sites (N-methyl/N-ethyl adjacent to an activating group) is 1. The van der Waals surface area contributed by atoms with E-state index in [1.807, 2.05) is 14.0 Å². The van der Waals surface area contributed by atoms with Gasteiger partial charge in [-0.3, -0.25) is 0 Å². The summed E-state index contributed by atoms with van der Waals surface area (Å²) in [6, 6.07) is 2.26. The van der Waals surface area contributed by atoms with E-state index < -0.39 is 10.0 Å². The van der Waals surface area contributed by atoms with Crippen LogP contribution in [0.15, 0.2) is 29.8 Å². The number of hydrogen-bond donors (Lipinski definition) is 1. The van der Waals surface area contributed by atoms with Crippen LogP contribution in [0, 0.1) is 0 Å². The van der Waals surface area contributed by atoms with Crippen molar-refractivity contribution in [2.75, 3.05) is 20.1 Å². The van der Waals surface area contributed by atoms with Gasteiger partial charge < -0.3 is 9.88 Å². The Morgan fingerprint density at radius 3 is 2.75 bits per heavy atom. The third-order valence-electron chi connectivity index (χ3n) is 3.53. The van der Waals surface area contributed by atoms with Crippen LogP contribution in [0.3, 0.4) is 0 Å². The Balaban J connectivity index is 2.35. The molecule has 6 heteroatoms. The second-order valence-electron chi connectivity index (χ2n) is 5.08. The van der Waals surface area contributed by atoms with Crippen LogP contribution in [0.2, 0.25) is 0 Å². The van der Waals surface area contributed by atoms with Gasteiger partial charge in [0, 0.05) is 37.6 Å². The van der Waals surface area contributed by atoms with Gasteiger partial charge in [0.2, 0.25) is 10.0 Å². The summed E-state index contributed by atoms with van der Waals surface area (Å²) in [5.41, 5.74) is 1.03. The molecule has 0 aromatic carbocycles. The third-order valence-corrected chi connectivity index (χ3v) is 5.43. The van der Waals surface area contributed by atoms with Crippen LogP contribution in [0.4, 0.5) is 0 Å². The summed E-state index contributed by atoms with van der Waals surface area (Å²) in [6.45, 7) is 6.94. The van der Waals surface area contributed by atoms with Gasteiger partial charge in [-0.15, -0.1) is 6.58 Å². The van der Waals surface area contributed by atoms with Gasteiger partial charge in [0.1, 0.15) is 4.90 Å². The van der Waals surface area contributed by atoms with Crippen molar-refractivity contribution < 1.29 is 8.42 Å². The average Bonchev–Trinajstić information content (AvgIpc) is 3.17. The predicted molar refractivity (Wildman–Crippen MR) is 80.1 cm³/mol. The Morgan fingerprint density at radius 1 is 1.55 bits per heavy atom. The van der Waals surface area contributed by atoms with Gasteiger partial charge >= 0.3 is 0 Å². The summed E-state index contributed by atoms with van der Waals surface area (Å²) in [5, 5.41) is 3.09. The van der Waals surface area contributed by atoms with Crippen LogP contribution in [-0.2, 0) is 16.6 Å². The van der Waals surface area contributed by atoms with Crippen LogP contribution in [0.1, 0.15) is 31.5 Å². The van der Waals surface area contributed by atoms with Crippen molar-refractivity contribution >= 4 is 10.0 Å². The summed E-state index contributed by atoms with van der Waals surface area (Å²) in [4.78, 5) is 0.387. The highest BCUT2D eigenvalue weighted by atomic mass is 32.2. The van der Waals surface area contributed by atoms with Crippen LogP contribution in [0.25, 0.3) is 0 Å². The van der Waals surface area contributed by atoms with Crippen molar-refractivity contribution in [3.8, 4) is 0 Å². The molecule has 1 N–H and O–H groups in total. The SMILES string of the molecule is C=CCN(CC)S(=O)(=O)c1cc(CNC)n(C2CC2)c1. The molecule has 0 amide bonds. The minimum absolute atomic E-state index is 0.342. The smallest absolute Gasteiger partial charge is 0.244 e. The Kier molecular flexibility index (Phi) is 4.67. The van der Waals surface area contributed by atoms with Gasteiger partial charge in [-0.05, 0) is 26.0 Å². The zero-order valence-electron chi connectivity index (χ0n) is 12.2. The molecular formula is C14H23N3O2S. The standard InChI is InChI=1S/C14H23N3O2S/c1-4-8-16(5-2)20(18,19)14-9-13(10-15-3)17(11-14)12-6-7-12/h4,9,11-12,15H,1,5-8,10H2,2-3H3. The minimum atomic E-state index is -3.43. The largest absolute Gasteiger partial charge is 0.346 e. The molecule has 0 radical (unpaired) electrons. The first-order valence-corrected chi connectivity index (χ1v) is 8.45. The normalized spacial score (nSPS) is 15.8. The maximum atomic E-state index is 12.6. The molecule has 0 bridgehead atoms. The van der Waals surface area contributed by atoms with Crippen molar-refractivity contribution in [3.63, 3.8) is 0 Å². The lowest BCUT2D eigenvalue weighted by molar-refractivity contribution is 0.459. The molecule has 2 rings (SSSR count). The lowest BCUT2D eigenvalue weighted by Crippen LogP contribution is -2.30. The monoisotopic (exact) mass is 297 g/mol. The van der Waals surface area contributed by atoms with Crippen molar-refractivity contribution in [1.29, 1.82) is 0 Å². The van der Waals surface area contributed by atoms with Crippen molar-refractivity contribution in [1.82, 2.24) is 14.2 Å². The highest BCUT2D eigenvalue weighted by Crippen LogP contribution is 2.37. The lowest BCUT2D eigenvalue weighted by atomic mass is 10.4. The Hall–Kier alpha value is -1.11. The zero-order chi connectivity index (χ0) is 14.8. The number of aromatic nitrogens is 1. The third kappa shape index (κ3) is 2.97. The van der Waals surface area contributed by atoms with Crippen LogP contribution < -0.4 is 5.32 Å². The van der Waals surface area contributed by atoms with Crippen molar-refractivity contribution in [3.05, 3.63) is 30.6 Å². The first kappa shape index (κ1) is 15.3. The number of rotatable bonds is 8. The van der Waals surface area contributed by atoms with Gasteiger partial charge in [0.25, 0.3) is 0 Å². The van der Waals surface area contributed by atoms with E-state index in [1.54, 1.807) is 18.3 Å². The molecule has 20 heavy (non-hydrogen) atoms. The summed E-state index contributed by atoms with van der Waals surface area (Å²) in [7, 11) is -1.56. The van der Waals surface area contributed by atoms with Gasteiger partial charge in [0.15, 0.2) is 0 Å². The molecule has 5 nitrogen and oxygen atoms in total. The summed E-state index contributed by atoms with van der Waals surface area (Å²) >= 11 is 0. The molecular weight excluding hydrogens is 274 g/mol. The molecule has 1 heterocycles. The molecule has 1 aromatic rings. The lowest BCUT2D eigenvalue weighted by Gasteiger charge is -2.17. The molecule has 112 valence electrons. The van der Waals surface area contributed by atoms with Crippen molar-refractivity contribution in [2.45, 2.75) is 37.2 Å². The first-order chi connectivity index (χ1) is 9.54. The molecule has 1 aromatic heterocycles. The topological polar surface area (TPSA) is 54.3 Å². The zero-order valence-corrected chi connectivity index (χ0v) is 13.0. The molecule has 0 atom stereocenters. The minimum Gasteiger partial charge on any atom is -0.346 e. The van der Waals surface area contributed by atoms with E-state index in [0.717, 1.165) is 18.5 Å². The Morgan fingerprint density at radius 2 is 2.25 bits per heavy atom. The maximum absolute atomic E-state index is 12.6. The quantitative estimate of drug-likeness (QED) is 0.744. The molecule has 1 aliphatic rings. The molecule has 0 spiro atoms. The van der Waals surface area contributed by atoms with Crippen LogP contribution in [-0.4, -0.2) is 37.4 Å². The molecule has 0 aliphatic heterocycles. The Bertz CT molecular complexity index is 573. The number of sulfonamides is 1. The fourth-order valence-corrected chi connectivity index (χ4v) is 3.81. The highest BCUT2D eigenvalue weighted by Gasteiger charge is 2.29. The summed E-state index contributed by atoms with van der Waals surface area (Å²) in [5.74, 6) is 0. The van der Waals surface area contributed by atoms with E-state index >= 15 is 0 Å². The number of nitrogens with one attached hydrogen (secondary N) is 1. The molecule has 1 fully saturated rings. The van der Waals surface area contributed by atoms with Crippen molar-refractivity contribution in [2.24, 2.45) is 0 Å². The van der Waals surface area contributed by atoms with Gasteiger partial charge in [0.05, 0.1) is 0 Å². The summed E-state index contributed by atoms with van der Waals surface area (Å²) < 4.78 is 28.8. The molecule has 0 saturated heterocycles. The van der Waals surface area contributed by atoms with E-state index in [4.69, 9.17) is 0 Å². The fraction of sp³-hybridized carbons (Fsp3) is 0.571. The fourth-order valence-electron chi connectivity index (χ4n) is 2.34. The Labute approximate surface area is 121 Å². The van der Waals surface area contributed by atoms with Gasteiger partial charge in [-0.25, -0.2) is 8.42 Å².